The third-order valence-electron chi connectivity index (χ3n) is 7.59. The Balaban J connectivity index is 1.84. The maximum Gasteiger partial charge on any atom is 0.264 e. The molecule has 2 amide bonds. The highest BCUT2D eigenvalue weighted by molar-refractivity contribution is 7.92. The number of benzene rings is 4. The third-order valence-corrected chi connectivity index (χ3v) is 9.95. The average Bonchev–Trinajstić information content (AvgIpc) is 3.08. The van der Waals surface area contributed by atoms with Crippen LogP contribution >= 0.6 is 23.2 Å². The molecule has 0 aliphatic heterocycles. The van der Waals surface area contributed by atoms with Gasteiger partial charge >= 0.3 is 0 Å². The molecule has 4 aromatic carbocycles. The number of hydrogen-bond donors (Lipinski definition) is 1. The normalized spacial score (nSPS) is 11.9. The number of ether oxygens (including phenoxy) is 2. The Morgan fingerprint density at radius 1 is 0.854 bits per heavy atom. The van der Waals surface area contributed by atoms with E-state index in [1.54, 1.807) is 42.5 Å². The second-order valence-corrected chi connectivity index (χ2v) is 14.2. The number of carbonyl (C=O) groups is 2. The van der Waals surface area contributed by atoms with Crippen LogP contribution in [0.25, 0.3) is 0 Å². The lowest BCUT2D eigenvalue weighted by atomic mass is 10.0. The zero-order valence-electron chi connectivity index (χ0n) is 27.2. The summed E-state index contributed by atoms with van der Waals surface area (Å²) in [6.45, 7) is 3.58. The number of sulfonamides is 1. The predicted octanol–water partition coefficient (Wildman–Crippen LogP) is 6.62. The smallest absolute Gasteiger partial charge is 0.264 e. The van der Waals surface area contributed by atoms with E-state index in [0.717, 1.165) is 9.87 Å². The van der Waals surface area contributed by atoms with Gasteiger partial charge in [-0.1, -0.05) is 85.6 Å². The topological polar surface area (TPSA) is 105 Å². The minimum Gasteiger partial charge on any atom is -0.497 e. The number of amides is 2. The summed E-state index contributed by atoms with van der Waals surface area (Å²) in [7, 11) is -1.45. The number of halogens is 2. The van der Waals surface area contributed by atoms with E-state index in [1.807, 2.05) is 44.2 Å². The van der Waals surface area contributed by atoms with Crippen LogP contribution < -0.4 is 19.1 Å². The lowest BCUT2D eigenvalue weighted by Crippen LogP contribution is -2.53. The maximum atomic E-state index is 14.7. The Labute approximate surface area is 292 Å². The standard InChI is InChI=1S/C36H39Cl2N3O6S/c1-25(2)22-39-36(43)33(20-26-10-6-5-7-11-26)40(23-27-14-15-28(37)21-31(27)38)35(42)24-41(32-12-8-9-13-34(32)47-4)48(44,45)30-18-16-29(46-3)17-19-30/h5-19,21,25,33H,20,22-24H2,1-4H3,(H,39,43)/t33-/m1/s1. The molecule has 4 aromatic rings. The van der Waals surface area contributed by atoms with Crippen LogP contribution in [0.4, 0.5) is 5.69 Å². The van der Waals surface area contributed by atoms with E-state index in [2.05, 4.69) is 5.32 Å². The summed E-state index contributed by atoms with van der Waals surface area (Å²) < 4.78 is 40.4. The summed E-state index contributed by atoms with van der Waals surface area (Å²) in [4.78, 5) is 29.9. The van der Waals surface area contributed by atoms with Crippen LogP contribution in [0.1, 0.15) is 25.0 Å². The first-order chi connectivity index (χ1) is 22.9. The lowest BCUT2D eigenvalue weighted by molar-refractivity contribution is -0.140. The van der Waals surface area contributed by atoms with E-state index in [-0.39, 0.29) is 41.1 Å². The summed E-state index contributed by atoms with van der Waals surface area (Å²) in [5, 5.41) is 3.67. The Kier molecular flexibility index (Phi) is 12.7. The maximum absolute atomic E-state index is 14.7. The van der Waals surface area contributed by atoms with Crippen molar-refractivity contribution in [1.82, 2.24) is 10.2 Å². The molecular weight excluding hydrogens is 673 g/mol. The first-order valence-electron chi connectivity index (χ1n) is 15.3. The van der Waals surface area contributed by atoms with Crippen molar-refractivity contribution in [2.24, 2.45) is 5.92 Å². The van der Waals surface area contributed by atoms with Gasteiger partial charge in [-0.05, 0) is 65.6 Å². The number of carbonyl (C=O) groups excluding carboxylic acids is 2. The highest BCUT2D eigenvalue weighted by atomic mass is 35.5. The molecule has 0 unspecified atom stereocenters. The molecule has 0 aromatic heterocycles. The molecule has 48 heavy (non-hydrogen) atoms. The van der Waals surface area contributed by atoms with Crippen molar-refractivity contribution in [3.05, 3.63) is 118 Å². The highest BCUT2D eigenvalue weighted by Crippen LogP contribution is 2.33. The summed E-state index contributed by atoms with van der Waals surface area (Å²) in [5.74, 6) is -0.157. The molecule has 0 aliphatic carbocycles. The van der Waals surface area contributed by atoms with Gasteiger partial charge in [-0.15, -0.1) is 0 Å². The van der Waals surface area contributed by atoms with E-state index < -0.39 is 28.5 Å². The first kappa shape index (κ1) is 36.6. The van der Waals surface area contributed by atoms with Crippen molar-refractivity contribution in [3.8, 4) is 11.5 Å². The van der Waals surface area contributed by atoms with Crippen LogP contribution in [0, 0.1) is 5.92 Å². The number of hydrogen-bond acceptors (Lipinski definition) is 6. The molecule has 0 bridgehead atoms. The Hall–Kier alpha value is -4.25. The van der Waals surface area contributed by atoms with Crippen molar-refractivity contribution in [2.45, 2.75) is 37.8 Å². The van der Waals surface area contributed by atoms with Gasteiger partial charge in [0.1, 0.15) is 24.1 Å². The predicted molar refractivity (Wildman–Crippen MR) is 189 cm³/mol. The zero-order chi connectivity index (χ0) is 34.8. The van der Waals surface area contributed by atoms with Gasteiger partial charge in [-0.3, -0.25) is 13.9 Å². The highest BCUT2D eigenvalue weighted by Gasteiger charge is 2.36. The van der Waals surface area contributed by atoms with Crippen molar-refractivity contribution in [3.63, 3.8) is 0 Å². The molecular formula is C36H39Cl2N3O6S. The molecule has 0 heterocycles. The van der Waals surface area contributed by atoms with E-state index in [4.69, 9.17) is 32.7 Å². The first-order valence-corrected chi connectivity index (χ1v) is 17.5. The molecule has 0 fully saturated rings. The molecule has 0 saturated heterocycles. The fraction of sp³-hybridized carbons (Fsp3) is 0.278. The molecule has 9 nitrogen and oxygen atoms in total. The van der Waals surface area contributed by atoms with Gasteiger partial charge in [0.05, 0.1) is 24.8 Å². The third kappa shape index (κ3) is 9.21. The van der Waals surface area contributed by atoms with Crippen LogP contribution in [0.15, 0.2) is 102 Å². The van der Waals surface area contributed by atoms with Crippen LogP contribution in [0.3, 0.4) is 0 Å². The number of nitrogens with zero attached hydrogens (tertiary/aromatic N) is 2. The van der Waals surface area contributed by atoms with Gasteiger partial charge in [0.2, 0.25) is 11.8 Å². The lowest BCUT2D eigenvalue weighted by Gasteiger charge is -2.34. The van der Waals surface area contributed by atoms with E-state index >= 15 is 0 Å². The van der Waals surface area contributed by atoms with E-state index in [1.165, 1.54) is 43.4 Å². The van der Waals surface area contributed by atoms with Crippen molar-refractivity contribution in [2.75, 3.05) is 31.6 Å². The molecule has 0 saturated carbocycles. The molecule has 0 spiro atoms. The van der Waals surface area contributed by atoms with Gasteiger partial charge in [0.15, 0.2) is 0 Å². The molecule has 4 rings (SSSR count). The molecule has 254 valence electrons. The van der Waals surface area contributed by atoms with Crippen LogP contribution in [0.5, 0.6) is 11.5 Å². The molecule has 1 N–H and O–H groups in total. The summed E-state index contributed by atoms with van der Waals surface area (Å²) in [6, 6.07) is 25.6. The number of para-hydroxylation sites is 2. The number of methoxy groups -OCH3 is 2. The largest absolute Gasteiger partial charge is 0.497 e. The van der Waals surface area contributed by atoms with Crippen molar-refractivity contribution >= 4 is 50.7 Å². The molecule has 0 aliphatic rings. The van der Waals surface area contributed by atoms with Gasteiger partial charge in [-0.25, -0.2) is 8.42 Å². The van der Waals surface area contributed by atoms with Gasteiger partial charge < -0.3 is 19.7 Å². The van der Waals surface area contributed by atoms with Gasteiger partial charge in [-0.2, -0.15) is 0 Å². The van der Waals surface area contributed by atoms with E-state index in [0.29, 0.717) is 27.9 Å². The summed E-state index contributed by atoms with van der Waals surface area (Å²) in [6.07, 6.45) is 0.168. The monoisotopic (exact) mass is 711 g/mol. The quantitative estimate of drug-likeness (QED) is 0.149. The summed E-state index contributed by atoms with van der Waals surface area (Å²) >= 11 is 12.8. The molecule has 0 radical (unpaired) electrons. The fourth-order valence-electron chi connectivity index (χ4n) is 5.03. The number of rotatable bonds is 15. The van der Waals surface area contributed by atoms with Crippen LogP contribution in [-0.2, 0) is 32.6 Å². The number of nitrogens with one attached hydrogen (secondary N) is 1. The summed E-state index contributed by atoms with van der Waals surface area (Å²) in [5.41, 5.74) is 1.50. The minimum absolute atomic E-state index is 0.0650. The van der Waals surface area contributed by atoms with Crippen LogP contribution in [0.2, 0.25) is 10.0 Å². The van der Waals surface area contributed by atoms with E-state index in [9.17, 15) is 18.0 Å². The molecule has 1 atom stereocenters. The Morgan fingerprint density at radius 2 is 1.52 bits per heavy atom. The fourth-order valence-corrected chi connectivity index (χ4v) is 6.93. The van der Waals surface area contributed by atoms with Gasteiger partial charge in [0, 0.05) is 29.6 Å². The van der Waals surface area contributed by atoms with Crippen LogP contribution in [-0.4, -0.2) is 58.5 Å². The zero-order valence-corrected chi connectivity index (χ0v) is 29.6. The van der Waals surface area contributed by atoms with Crippen molar-refractivity contribution < 1.29 is 27.5 Å². The minimum atomic E-state index is -4.35. The second kappa shape index (κ2) is 16.7. The van der Waals surface area contributed by atoms with Crippen molar-refractivity contribution in [1.29, 1.82) is 0 Å². The number of anilines is 1. The average molecular weight is 713 g/mol. The Bertz CT molecular complexity index is 1800. The Morgan fingerprint density at radius 3 is 2.15 bits per heavy atom. The van der Waals surface area contributed by atoms with Gasteiger partial charge in [0.25, 0.3) is 10.0 Å². The molecule has 12 heteroatoms. The second-order valence-electron chi connectivity index (χ2n) is 11.5. The SMILES string of the molecule is COc1ccc(S(=O)(=O)N(CC(=O)N(Cc2ccc(Cl)cc2Cl)[C@H](Cc2ccccc2)C(=O)NCC(C)C)c2ccccc2OC)cc1.